The third-order valence-electron chi connectivity index (χ3n) is 4.77. The normalized spacial score (nSPS) is 19.8. The maximum atomic E-state index is 11.0. The van der Waals surface area contributed by atoms with E-state index in [-0.39, 0.29) is 5.97 Å². The Labute approximate surface area is 149 Å². The fourth-order valence-electron chi connectivity index (χ4n) is 3.09. The number of allylic oxidation sites excluding steroid dienone is 1. The molecule has 2 atom stereocenters. The van der Waals surface area contributed by atoms with Crippen molar-refractivity contribution < 1.29 is 14.3 Å². The van der Waals surface area contributed by atoms with Gasteiger partial charge in [0, 0.05) is 6.42 Å². The number of unbranched alkanes of at least 4 members (excludes halogenated alkanes) is 10. The quantitative estimate of drug-likeness (QED) is 0.151. The van der Waals surface area contributed by atoms with Crippen LogP contribution in [0.4, 0.5) is 0 Å². The van der Waals surface area contributed by atoms with Gasteiger partial charge in [0.2, 0.25) is 0 Å². The number of carbonyl (C=O) groups excluding carboxylic acids is 1. The van der Waals surface area contributed by atoms with E-state index in [0.717, 1.165) is 12.8 Å². The van der Waals surface area contributed by atoms with Crippen molar-refractivity contribution in [3.8, 4) is 0 Å². The Hall–Kier alpha value is -0.830. The van der Waals surface area contributed by atoms with Crippen molar-refractivity contribution in [2.45, 2.75) is 109 Å². The molecular weight excluding hydrogens is 300 g/mol. The van der Waals surface area contributed by atoms with Crippen LogP contribution in [0.15, 0.2) is 12.2 Å². The number of hydrogen-bond acceptors (Lipinski definition) is 3. The zero-order valence-electron chi connectivity index (χ0n) is 15.9. The molecule has 1 aliphatic heterocycles. The minimum atomic E-state index is -0.122. The van der Waals surface area contributed by atoms with E-state index in [9.17, 15) is 4.79 Å². The standard InChI is InChI=1S/C21H38O3/c1-3-4-5-6-7-8-9-10-11-12-13-14-16-19-20(24-19)17-15-18-21(22)23-2/h14,16,19-20H,3-13,15,17-18H2,1-2H3/b16-14+. The van der Waals surface area contributed by atoms with Crippen LogP contribution in [0.1, 0.15) is 96.8 Å². The van der Waals surface area contributed by atoms with Crippen LogP contribution in [0.2, 0.25) is 0 Å². The van der Waals surface area contributed by atoms with Gasteiger partial charge in [0.25, 0.3) is 0 Å². The highest BCUT2D eigenvalue weighted by Crippen LogP contribution is 2.28. The molecule has 0 aliphatic carbocycles. The Balaban J connectivity index is 1.80. The minimum absolute atomic E-state index is 0.122. The third-order valence-corrected chi connectivity index (χ3v) is 4.77. The largest absolute Gasteiger partial charge is 0.469 e. The highest BCUT2D eigenvalue weighted by Gasteiger charge is 2.35. The van der Waals surface area contributed by atoms with Gasteiger partial charge in [0.05, 0.1) is 13.2 Å². The number of rotatable bonds is 16. The van der Waals surface area contributed by atoms with Crippen molar-refractivity contribution in [3.63, 3.8) is 0 Å². The third kappa shape index (κ3) is 11.7. The smallest absolute Gasteiger partial charge is 0.305 e. The summed E-state index contributed by atoms with van der Waals surface area (Å²) in [7, 11) is 1.44. The summed E-state index contributed by atoms with van der Waals surface area (Å²) in [5, 5.41) is 0. The van der Waals surface area contributed by atoms with Gasteiger partial charge in [-0.3, -0.25) is 4.79 Å². The second kappa shape index (κ2) is 14.5. The predicted octanol–water partition coefficient (Wildman–Crippen LogP) is 5.96. The molecule has 0 bridgehead atoms. The Kier molecular flexibility index (Phi) is 12.8. The average molecular weight is 339 g/mol. The lowest BCUT2D eigenvalue weighted by Crippen LogP contribution is -2.01. The van der Waals surface area contributed by atoms with Gasteiger partial charge in [0.15, 0.2) is 0 Å². The number of esters is 1. The van der Waals surface area contributed by atoms with Gasteiger partial charge in [-0.2, -0.15) is 0 Å². The zero-order valence-corrected chi connectivity index (χ0v) is 15.9. The van der Waals surface area contributed by atoms with Gasteiger partial charge in [-0.1, -0.05) is 76.9 Å². The molecule has 0 amide bonds. The van der Waals surface area contributed by atoms with Crippen LogP contribution in [0.5, 0.6) is 0 Å². The van der Waals surface area contributed by atoms with E-state index >= 15 is 0 Å². The van der Waals surface area contributed by atoms with Crippen LogP contribution < -0.4 is 0 Å². The minimum Gasteiger partial charge on any atom is -0.469 e. The van der Waals surface area contributed by atoms with Crippen molar-refractivity contribution >= 4 is 5.97 Å². The molecule has 0 saturated carbocycles. The molecule has 24 heavy (non-hydrogen) atoms. The lowest BCUT2D eigenvalue weighted by atomic mass is 10.1. The van der Waals surface area contributed by atoms with Crippen LogP contribution in [0, 0.1) is 0 Å². The first-order chi connectivity index (χ1) is 11.8. The van der Waals surface area contributed by atoms with Crippen molar-refractivity contribution in [1.29, 1.82) is 0 Å². The van der Waals surface area contributed by atoms with Gasteiger partial charge in [-0.15, -0.1) is 0 Å². The molecule has 0 N–H and O–H groups in total. The van der Waals surface area contributed by atoms with Crippen molar-refractivity contribution in [1.82, 2.24) is 0 Å². The summed E-state index contributed by atoms with van der Waals surface area (Å²) < 4.78 is 10.2. The van der Waals surface area contributed by atoms with Crippen molar-refractivity contribution in [3.05, 3.63) is 12.2 Å². The van der Waals surface area contributed by atoms with E-state index < -0.39 is 0 Å². The van der Waals surface area contributed by atoms with Crippen LogP contribution in [0.3, 0.4) is 0 Å². The highest BCUT2D eigenvalue weighted by molar-refractivity contribution is 5.68. The highest BCUT2D eigenvalue weighted by atomic mass is 16.6. The van der Waals surface area contributed by atoms with E-state index in [4.69, 9.17) is 4.74 Å². The van der Waals surface area contributed by atoms with Gasteiger partial charge in [-0.25, -0.2) is 0 Å². The molecule has 0 aromatic rings. The van der Waals surface area contributed by atoms with Gasteiger partial charge < -0.3 is 9.47 Å². The molecule has 1 fully saturated rings. The lowest BCUT2D eigenvalue weighted by Gasteiger charge is -2.01. The maximum absolute atomic E-state index is 11.0. The fraction of sp³-hybridized carbons (Fsp3) is 0.857. The molecule has 1 saturated heterocycles. The molecular formula is C21H38O3. The van der Waals surface area contributed by atoms with E-state index in [1.807, 2.05) is 0 Å². The molecule has 2 unspecified atom stereocenters. The van der Waals surface area contributed by atoms with Gasteiger partial charge >= 0.3 is 5.97 Å². The summed E-state index contributed by atoms with van der Waals surface area (Å²) >= 11 is 0. The number of hydrogen-bond donors (Lipinski definition) is 0. The molecule has 0 spiro atoms. The second-order valence-corrected chi connectivity index (χ2v) is 7.01. The number of carbonyl (C=O) groups is 1. The van der Waals surface area contributed by atoms with E-state index in [1.165, 1.54) is 77.7 Å². The molecule has 3 nitrogen and oxygen atoms in total. The maximum Gasteiger partial charge on any atom is 0.305 e. The van der Waals surface area contributed by atoms with Crippen LogP contribution in [0.25, 0.3) is 0 Å². The topological polar surface area (TPSA) is 38.8 Å². The summed E-state index contributed by atoms with van der Waals surface area (Å²) in [5.41, 5.74) is 0. The Bertz CT molecular complexity index is 338. The number of ether oxygens (including phenoxy) is 2. The van der Waals surface area contributed by atoms with Crippen molar-refractivity contribution in [2.75, 3.05) is 7.11 Å². The van der Waals surface area contributed by atoms with E-state index in [0.29, 0.717) is 18.6 Å². The molecule has 3 heteroatoms. The predicted molar refractivity (Wildman–Crippen MR) is 100 cm³/mol. The van der Waals surface area contributed by atoms with E-state index in [2.05, 4.69) is 23.8 Å². The van der Waals surface area contributed by atoms with Crippen LogP contribution >= 0.6 is 0 Å². The molecule has 1 aliphatic rings. The van der Waals surface area contributed by atoms with Crippen LogP contribution in [-0.2, 0) is 14.3 Å². The molecule has 0 aromatic carbocycles. The SMILES string of the molecule is CCCCCCCCCCCC/C=C/C1OC1CCCC(=O)OC. The molecule has 140 valence electrons. The first-order valence-electron chi connectivity index (χ1n) is 10.2. The first-order valence-corrected chi connectivity index (χ1v) is 10.2. The van der Waals surface area contributed by atoms with Crippen LogP contribution in [-0.4, -0.2) is 25.3 Å². The lowest BCUT2D eigenvalue weighted by molar-refractivity contribution is -0.140. The summed E-state index contributed by atoms with van der Waals surface area (Å²) in [6.07, 6.45) is 22.5. The van der Waals surface area contributed by atoms with Gasteiger partial charge in [0.1, 0.15) is 6.10 Å². The Morgan fingerprint density at radius 2 is 1.58 bits per heavy atom. The summed E-state index contributed by atoms with van der Waals surface area (Å²) in [5.74, 6) is -0.122. The Morgan fingerprint density at radius 3 is 2.21 bits per heavy atom. The molecule has 1 heterocycles. The molecule has 0 aromatic heterocycles. The summed E-state index contributed by atoms with van der Waals surface area (Å²) in [6, 6.07) is 0. The van der Waals surface area contributed by atoms with E-state index in [1.54, 1.807) is 0 Å². The first kappa shape index (κ1) is 21.2. The fourth-order valence-corrected chi connectivity index (χ4v) is 3.09. The summed E-state index contributed by atoms with van der Waals surface area (Å²) in [4.78, 5) is 11.0. The number of epoxide rings is 1. The Morgan fingerprint density at radius 1 is 0.958 bits per heavy atom. The zero-order chi connectivity index (χ0) is 17.5. The monoisotopic (exact) mass is 338 g/mol. The molecule has 0 radical (unpaired) electrons. The molecule has 1 rings (SSSR count). The number of methoxy groups -OCH3 is 1. The summed E-state index contributed by atoms with van der Waals surface area (Å²) in [6.45, 7) is 2.27. The average Bonchev–Trinajstić information content (AvgIpc) is 3.34. The van der Waals surface area contributed by atoms with Crippen molar-refractivity contribution in [2.24, 2.45) is 0 Å². The second-order valence-electron chi connectivity index (χ2n) is 7.01. The van der Waals surface area contributed by atoms with Gasteiger partial charge in [-0.05, 0) is 25.7 Å².